The van der Waals surface area contributed by atoms with Gasteiger partial charge < -0.3 is 15.2 Å². The number of hydrogen-bond acceptors (Lipinski definition) is 4. The summed E-state index contributed by atoms with van der Waals surface area (Å²) >= 11 is 3.43. The van der Waals surface area contributed by atoms with E-state index in [0.29, 0.717) is 19.2 Å². The molecule has 4 nitrogen and oxygen atoms in total. The molecule has 1 unspecified atom stereocenters. The molecule has 1 fully saturated rings. The van der Waals surface area contributed by atoms with Crippen molar-refractivity contribution in [3.63, 3.8) is 0 Å². The monoisotopic (exact) mass is 314 g/mol. The molecule has 0 amide bonds. The molecule has 1 aromatic rings. The van der Waals surface area contributed by atoms with Gasteiger partial charge in [0.25, 0.3) is 0 Å². The first-order chi connectivity index (χ1) is 8.79. The highest BCUT2D eigenvalue weighted by molar-refractivity contribution is 9.10. The summed E-state index contributed by atoms with van der Waals surface area (Å²) in [6.45, 7) is 4.64. The van der Waals surface area contributed by atoms with Crippen LogP contribution in [0.3, 0.4) is 0 Å². The first-order valence-corrected chi connectivity index (χ1v) is 6.99. The second-order valence-corrected chi connectivity index (χ2v) is 5.22. The van der Waals surface area contributed by atoms with Crippen molar-refractivity contribution in [3.05, 3.63) is 28.7 Å². The molecule has 100 valence electrons. The molecule has 1 atom stereocenters. The van der Waals surface area contributed by atoms with Gasteiger partial charge in [0.15, 0.2) is 0 Å². The van der Waals surface area contributed by atoms with Gasteiger partial charge in [-0.25, -0.2) is 0 Å². The summed E-state index contributed by atoms with van der Waals surface area (Å²) < 4.78 is 12.2. The van der Waals surface area contributed by atoms with Gasteiger partial charge in [-0.2, -0.15) is 0 Å². The van der Waals surface area contributed by atoms with Crippen molar-refractivity contribution in [1.29, 1.82) is 0 Å². The number of nitrogens with two attached hydrogens (primary N) is 1. The maximum Gasteiger partial charge on any atom is 0.120 e. The third-order valence-corrected chi connectivity index (χ3v) is 3.56. The van der Waals surface area contributed by atoms with Crippen LogP contribution < -0.4 is 10.5 Å². The van der Waals surface area contributed by atoms with E-state index in [9.17, 15) is 0 Å². The fourth-order valence-electron chi connectivity index (χ4n) is 2.04. The van der Waals surface area contributed by atoms with E-state index in [1.165, 1.54) is 0 Å². The number of halogens is 1. The van der Waals surface area contributed by atoms with Crippen molar-refractivity contribution in [2.45, 2.75) is 6.04 Å². The van der Waals surface area contributed by atoms with Gasteiger partial charge in [-0.15, -0.1) is 0 Å². The molecule has 5 heteroatoms. The average molecular weight is 315 g/mol. The Labute approximate surface area is 116 Å². The number of morpholine rings is 1. The summed E-state index contributed by atoms with van der Waals surface area (Å²) in [5.74, 6) is 0.891. The van der Waals surface area contributed by atoms with Crippen molar-refractivity contribution in [2.75, 3.05) is 39.5 Å². The lowest BCUT2D eigenvalue weighted by molar-refractivity contribution is -0.00859. The Morgan fingerprint density at radius 3 is 3.17 bits per heavy atom. The molecule has 2 N–H and O–H groups in total. The van der Waals surface area contributed by atoms with Crippen LogP contribution in [0.25, 0.3) is 0 Å². The molecular weight excluding hydrogens is 296 g/mol. The van der Waals surface area contributed by atoms with E-state index < -0.39 is 0 Å². The maximum atomic E-state index is 5.73. The zero-order valence-electron chi connectivity index (χ0n) is 10.3. The van der Waals surface area contributed by atoms with Gasteiger partial charge in [0.1, 0.15) is 12.4 Å². The summed E-state index contributed by atoms with van der Waals surface area (Å²) in [5.41, 5.74) is 5.73. The van der Waals surface area contributed by atoms with Gasteiger partial charge >= 0.3 is 0 Å². The predicted octanol–water partition coefficient (Wildman–Crippen LogP) is 1.49. The van der Waals surface area contributed by atoms with E-state index >= 15 is 0 Å². The van der Waals surface area contributed by atoms with Crippen molar-refractivity contribution >= 4 is 15.9 Å². The summed E-state index contributed by atoms with van der Waals surface area (Å²) in [6, 6.07) is 8.21. The predicted molar refractivity (Wildman–Crippen MR) is 74.9 cm³/mol. The summed E-state index contributed by atoms with van der Waals surface area (Å²) in [4.78, 5) is 2.33. The number of ether oxygens (including phenoxy) is 2. The van der Waals surface area contributed by atoms with Crippen LogP contribution in [-0.2, 0) is 4.74 Å². The van der Waals surface area contributed by atoms with Gasteiger partial charge in [-0.05, 0) is 18.2 Å². The standard InChI is InChI=1S/C13H19BrN2O2/c14-11-2-1-3-13(8-11)18-7-5-16-4-6-17-10-12(16)9-15/h1-3,8,12H,4-7,9-10,15H2. The molecule has 2 rings (SSSR count). The van der Waals surface area contributed by atoms with Gasteiger partial charge in [0.2, 0.25) is 0 Å². The molecule has 1 aliphatic heterocycles. The minimum atomic E-state index is 0.324. The quantitative estimate of drug-likeness (QED) is 0.894. The Hall–Kier alpha value is -0.620. The molecule has 1 aromatic carbocycles. The van der Waals surface area contributed by atoms with E-state index in [0.717, 1.165) is 36.5 Å². The zero-order chi connectivity index (χ0) is 12.8. The van der Waals surface area contributed by atoms with E-state index in [1.54, 1.807) is 0 Å². The normalized spacial score (nSPS) is 20.9. The largest absolute Gasteiger partial charge is 0.492 e. The Balaban J connectivity index is 1.77. The molecule has 0 saturated carbocycles. The van der Waals surface area contributed by atoms with Crippen molar-refractivity contribution < 1.29 is 9.47 Å². The average Bonchev–Trinajstić information content (AvgIpc) is 2.39. The molecule has 1 heterocycles. The highest BCUT2D eigenvalue weighted by Gasteiger charge is 2.21. The highest BCUT2D eigenvalue weighted by Crippen LogP contribution is 2.17. The minimum Gasteiger partial charge on any atom is -0.492 e. The van der Waals surface area contributed by atoms with Gasteiger partial charge in [0.05, 0.1) is 13.2 Å². The third kappa shape index (κ3) is 3.95. The third-order valence-electron chi connectivity index (χ3n) is 3.06. The lowest BCUT2D eigenvalue weighted by Gasteiger charge is -2.34. The topological polar surface area (TPSA) is 47.7 Å². The van der Waals surface area contributed by atoms with Crippen LogP contribution in [0, 0.1) is 0 Å². The molecular formula is C13H19BrN2O2. The molecule has 1 saturated heterocycles. The SMILES string of the molecule is NCC1COCCN1CCOc1cccc(Br)c1. The maximum absolute atomic E-state index is 5.73. The van der Waals surface area contributed by atoms with Crippen molar-refractivity contribution in [1.82, 2.24) is 4.90 Å². The number of hydrogen-bond donors (Lipinski definition) is 1. The fourth-order valence-corrected chi connectivity index (χ4v) is 2.42. The van der Waals surface area contributed by atoms with E-state index in [4.69, 9.17) is 15.2 Å². The van der Waals surface area contributed by atoms with Crippen molar-refractivity contribution in [3.8, 4) is 5.75 Å². The van der Waals surface area contributed by atoms with Crippen LogP contribution in [0.2, 0.25) is 0 Å². The molecule has 0 aromatic heterocycles. The number of rotatable bonds is 5. The van der Waals surface area contributed by atoms with Gasteiger partial charge in [-0.1, -0.05) is 22.0 Å². The minimum absolute atomic E-state index is 0.324. The highest BCUT2D eigenvalue weighted by atomic mass is 79.9. The number of nitrogens with zero attached hydrogens (tertiary/aromatic N) is 1. The Bertz CT molecular complexity index is 376. The van der Waals surface area contributed by atoms with Crippen LogP contribution in [0.5, 0.6) is 5.75 Å². The van der Waals surface area contributed by atoms with Crippen LogP contribution >= 0.6 is 15.9 Å². The van der Waals surface area contributed by atoms with Crippen LogP contribution in [-0.4, -0.2) is 50.4 Å². The Morgan fingerprint density at radius 1 is 1.50 bits per heavy atom. The second kappa shape index (κ2) is 7.09. The van der Waals surface area contributed by atoms with Gasteiger partial charge in [0, 0.05) is 30.1 Å². The molecule has 0 radical (unpaired) electrons. The summed E-state index contributed by atoms with van der Waals surface area (Å²) in [5, 5.41) is 0. The smallest absolute Gasteiger partial charge is 0.120 e. The van der Waals surface area contributed by atoms with Crippen LogP contribution in [0.1, 0.15) is 0 Å². The van der Waals surface area contributed by atoms with Crippen molar-refractivity contribution in [2.24, 2.45) is 5.73 Å². The van der Waals surface area contributed by atoms with E-state index in [1.807, 2.05) is 24.3 Å². The molecule has 1 aliphatic rings. The van der Waals surface area contributed by atoms with Gasteiger partial charge in [-0.3, -0.25) is 4.90 Å². The molecule has 0 spiro atoms. The molecule has 18 heavy (non-hydrogen) atoms. The van der Waals surface area contributed by atoms with E-state index in [2.05, 4.69) is 20.8 Å². The van der Waals surface area contributed by atoms with E-state index in [-0.39, 0.29) is 0 Å². The lowest BCUT2D eigenvalue weighted by Crippen LogP contribution is -2.50. The second-order valence-electron chi connectivity index (χ2n) is 4.31. The Morgan fingerprint density at radius 2 is 2.39 bits per heavy atom. The first kappa shape index (κ1) is 13.8. The molecule has 0 aliphatic carbocycles. The first-order valence-electron chi connectivity index (χ1n) is 6.20. The number of benzene rings is 1. The zero-order valence-corrected chi connectivity index (χ0v) is 11.9. The van der Waals surface area contributed by atoms with Crippen LogP contribution in [0.15, 0.2) is 28.7 Å². The molecule has 0 bridgehead atoms. The van der Waals surface area contributed by atoms with Crippen LogP contribution in [0.4, 0.5) is 0 Å². The summed E-state index contributed by atoms with van der Waals surface area (Å²) in [6.07, 6.45) is 0. The summed E-state index contributed by atoms with van der Waals surface area (Å²) in [7, 11) is 0. The lowest BCUT2D eigenvalue weighted by atomic mass is 10.2. The Kier molecular flexibility index (Phi) is 5.44. The fraction of sp³-hybridized carbons (Fsp3) is 0.538.